The van der Waals surface area contributed by atoms with Gasteiger partial charge in [-0.15, -0.1) is 0 Å². The zero-order valence-electron chi connectivity index (χ0n) is 46.7. The van der Waals surface area contributed by atoms with E-state index in [1.54, 1.807) is 0 Å². The summed E-state index contributed by atoms with van der Waals surface area (Å²) in [6.45, 7) is 30.3. The topological polar surface area (TPSA) is 36.0 Å². The van der Waals surface area contributed by atoms with Crippen molar-refractivity contribution in [3.63, 3.8) is 0 Å². The van der Waals surface area contributed by atoms with Crippen LogP contribution in [0.25, 0.3) is 32.9 Å². The van der Waals surface area contributed by atoms with E-state index in [0.29, 0.717) is 0 Å². The number of rotatable bonds is 5. The maximum atomic E-state index is 7.68. The van der Waals surface area contributed by atoms with Crippen molar-refractivity contribution < 1.29 is 8.83 Å². The molecule has 0 radical (unpaired) electrons. The number of nitrogens with zero attached hydrogens (tertiary/aromatic N) is 3. The lowest BCUT2D eigenvalue weighted by Gasteiger charge is -2.44. The minimum absolute atomic E-state index is 0.00549. The van der Waals surface area contributed by atoms with E-state index in [1.807, 2.05) is 0 Å². The maximum Gasteiger partial charge on any atom is 0.297 e. The highest BCUT2D eigenvalue weighted by Crippen LogP contribution is 2.54. The molecule has 380 valence electrons. The third kappa shape index (κ3) is 7.48. The first kappa shape index (κ1) is 48.2. The van der Waals surface area contributed by atoms with E-state index in [1.165, 1.54) is 38.7 Å². The van der Waals surface area contributed by atoms with Crippen molar-refractivity contribution in [1.82, 2.24) is 0 Å². The van der Waals surface area contributed by atoms with Gasteiger partial charge >= 0.3 is 0 Å². The summed E-state index contributed by atoms with van der Waals surface area (Å²) in [5.74, 6) is 0. The molecule has 2 aliphatic heterocycles. The van der Waals surface area contributed by atoms with E-state index in [9.17, 15) is 0 Å². The predicted octanol–water partition coefficient (Wildman–Crippen LogP) is 18.1. The van der Waals surface area contributed by atoms with Crippen molar-refractivity contribution in [3.05, 3.63) is 192 Å². The molecule has 2 aromatic heterocycles. The van der Waals surface area contributed by atoms with Crippen LogP contribution in [0.3, 0.4) is 0 Å². The second-order valence-corrected chi connectivity index (χ2v) is 26.5. The van der Waals surface area contributed by atoms with E-state index in [2.05, 4.69) is 269 Å². The van der Waals surface area contributed by atoms with Crippen molar-refractivity contribution in [2.24, 2.45) is 0 Å². The van der Waals surface area contributed by atoms with Gasteiger partial charge in [0, 0.05) is 50.3 Å². The third-order valence-electron chi connectivity index (χ3n) is 17.4. The molecule has 0 fully saturated rings. The number of furan rings is 2. The summed E-state index contributed by atoms with van der Waals surface area (Å²) >= 11 is 0. The Balaban J connectivity index is 1.19. The lowest BCUT2D eigenvalue weighted by molar-refractivity contribution is 0.332. The van der Waals surface area contributed by atoms with Gasteiger partial charge < -0.3 is 23.5 Å². The molecule has 0 saturated heterocycles. The SMILES string of the molecule is CC(C)(C)c1ccc(N2c3ccc(C(C)(C)C)cc3B3c4oc5cc6c(cc5c4N(c4ccc(C(C)(C)C)cc4)c4cc(N(c5ccccc5)c5cccc7c5oc5ccccc57)cc2c43)C(C)(C)CCC6(C)C)cc1. The van der Waals surface area contributed by atoms with Gasteiger partial charge in [-0.2, -0.15) is 0 Å². The number of hydrogen-bond acceptors (Lipinski definition) is 5. The fraction of sp³-hybridized carbons (Fsp3) is 0.286. The van der Waals surface area contributed by atoms with Crippen LogP contribution in [-0.4, -0.2) is 6.71 Å². The Hall–Kier alpha value is -7.44. The molecule has 8 aromatic carbocycles. The Kier molecular flexibility index (Phi) is 10.5. The van der Waals surface area contributed by atoms with Gasteiger partial charge in [0.25, 0.3) is 6.71 Å². The average Bonchev–Trinajstić information content (AvgIpc) is 4.15. The highest BCUT2D eigenvalue weighted by Gasteiger charge is 2.49. The normalized spacial score (nSPS) is 15.7. The standard InChI is InChI=1S/C70H70BN3O2/c1-66(2,3)43-26-31-47(32-27-43)73-56-35-30-45(68(7,8)9)38-55(56)71-62-58(73)39-49(72(46-20-15-14-16-21-46)57-24-19-23-51-50-22-17-18-25-60(50)75-64(51)57)40-59(62)74(48-33-28-44(29-34-48)67(4,5)6)63-52-41-53-54(42-61(52)76-65(63)71)70(12,13)37-36-69(53,10)11/h14-35,38-42H,36-37H2,1-13H3. The fourth-order valence-electron chi connectivity index (χ4n) is 12.8. The van der Waals surface area contributed by atoms with Gasteiger partial charge in [-0.25, -0.2) is 0 Å². The lowest BCUT2D eigenvalue weighted by atomic mass is 9.35. The Morgan fingerprint density at radius 3 is 1.64 bits per heavy atom. The van der Waals surface area contributed by atoms with E-state index >= 15 is 0 Å². The molecule has 3 aliphatic rings. The molecule has 76 heavy (non-hydrogen) atoms. The van der Waals surface area contributed by atoms with Crippen molar-refractivity contribution in [3.8, 4) is 0 Å². The second-order valence-electron chi connectivity index (χ2n) is 26.5. The zero-order chi connectivity index (χ0) is 53.0. The maximum absolute atomic E-state index is 7.68. The largest absolute Gasteiger partial charge is 0.468 e. The Labute approximate surface area is 450 Å². The third-order valence-corrected chi connectivity index (χ3v) is 17.4. The summed E-state index contributed by atoms with van der Waals surface area (Å²) in [5.41, 5.74) is 22.4. The van der Waals surface area contributed by atoms with E-state index in [-0.39, 0.29) is 33.8 Å². The molecular formula is C70H70BN3O2. The van der Waals surface area contributed by atoms with Crippen molar-refractivity contribution in [1.29, 1.82) is 0 Å². The van der Waals surface area contributed by atoms with Crippen LogP contribution in [0.15, 0.2) is 173 Å². The van der Waals surface area contributed by atoms with Crippen molar-refractivity contribution >= 4 is 107 Å². The molecule has 0 amide bonds. The molecule has 1 aliphatic carbocycles. The molecule has 5 nitrogen and oxygen atoms in total. The minimum Gasteiger partial charge on any atom is -0.468 e. The molecule has 0 unspecified atom stereocenters. The number of hydrogen-bond donors (Lipinski definition) is 0. The molecule has 0 N–H and O–H groups in total. The number of benzene rings is 8. The number of fused-ring (bicyclic) bond motifs is 10. The first-order valence-corrected chi connectivity index (χ1v) is 27.6. The average molecular weight is 996 g/mol. The van der Waals surface area contributed by atoms with Gasteiger partial charge in [-0.05, 0) is 158 Å². The highest BCUT2D eigenvalue weighted by molar-refractivity contribution is 7.00. The zero-order valence-corrected chi connectivity index (χ0v) is 46.7. The van der Waals surface area contributed by atoms with E-state index in [4.69, 9.17) is 8.83 Å². The summed E-state index contributed by atoms with van der Waals surface area (Å²) in [6, 6.07) is 61.6. The minimum atomic E-state index is -0.226. The Morgan fingerprint density at radius 2 is 1.01 bits per heavy atom. The number of anilines is 9. The van der Waals surface area contributed by atoms with E-state index in [0.717, 1.165) is 103 Å². The van der Waals surface area contributed by atoms with Gasteiger partial charge in [0.2, 0.25) is 0 Å². The van der Waals surface area contributed by atoms with Crippen molar-refractivity contribution in [2.75, 3.05) is 14.7 Å². The van der Waals surface area contributed by atoms with Gasteiger partial charge in [-0.3, -0.25) is 0 Å². The van der Waals surface area contributed by atoms with Gasteiger partial charge in [0.1, 0.15) is 11.2 Å². The first-order valence-electron chi connectivity index (χ1n) is 27.6. The summed E-state index contributed by atoms with van der Waals surface area (Å²) in [4.78, 5) is 7.51. The summed E-state index contributed by atoms with van der Waals surface area (Å²) in [5, 5.41) is 3.34. The van der Waals surface area contributed by atoms with Gasteiger partial charge in [-0.1, -0.05) is 175 Å². The monoisotopic (exact) mass is 996 g/mol. The molecule has 10 aromatic rings. The Bertz CT molecular complexity index is 3950. The molecule has 0 spiro atoms. The summed E-state index contributed by atoms with van der Waals surface area (Å²) in [6.07, 6.45) is 2.25. The molecule has 13 rings (SSSR count). The summed E-state index contributed by atoms with van der Waals surface area (Å²) in [7, 11) is 0. The number of para-hydroxylation sites is 3. The predicted molar refractivity (Wildman–Crippen MR) is 324 cm³/mol. The molecule has 4 heterocycles. The Morgan fingerprint density at radius 1 is 0.461 bits per heavy atom. The van der Waals surface area contributed by atoms with Crippen LogP contribution in [0.2, 0.25) is 0 Å². The van der Waals surface area contributed by atoms with Crippen LogP contribution in [0.5, 0.6) is 0 Å². The van der Waals surface area contributed by atoms with Crippen molar-refractivity contribution in [2.45, 2.75) is 130 Å². The quantitative estimate of drug-likeness (QED) is 0.161. The van der Waals surface area contributed by atoms with Gasteiger partial charge in [0.05, 0.1) is 22.7 Å². The van der Waals surface area contributed by atoms with Crippen LogP contribution in [0.1, 0.15) is 131 Å². The van der Waals surface area contributed by atoms with Crippen LogP contribution in [0, 0.1) is 0 Å². The van der Waals surface area contributed by atoms with Gasteiger partial charge in [0.15, 0.2) is 5.58 Å². The summed E-state index contributed by atoms with van der Waals surface area (Å²) < 4.78 is 14.6. The van der Waals surface area contributed by atoms with Crippen LogP contribution >= 0.6 is 0 Å². The molecule has 0 saturated carbocycles. The second kappa shape index (κ2) is 16.5. The molecule has 0 atom stereocenters. The van der Waals surface area contributed by atoms with Crippen LogP contribution in [0.4, 0.5) is 51.2 Å². The van der Waals surface area contributed by atoms with Crippen LogP contribution in [-0.2, 0) is 27.1 Å². The fourth-order valence-corrected chi connectivity index (χ4v) is 12.8. The van der Waals surface area contributed by atoms with E-state index < -0.39 is 0 Å². The molecule has 0 bridgehead atoms. The first-order chi connectivity index (χ1) is 36.1. The molecular weight excluding hydrogens is 926 g/mol. The smallest absolute Gasteiger partial charge is 0.297 e. The molecule has 6 heteroatoms. The lowest BCUT2D eigenvalue weighted by Crippen LogP contribution is -2.61. The highest BCUT2D eigenvalue weighted by atomic mass is 16.3. The van der Waals surface area contributed by atoms with Crippen LogP contribution < -0.4 is 31.3 Å².